The van der Waals surface area contributed by atoms with E-state index in [0.717, 1.165) is 12.3 Å². The Morgan fingerprint density at radius 2 is 1.86 bits per heavy atom. The lowest BCUT2D eigenvalue weighted by Crippen LogP contribution is -2.20. The molecule has 0 unspecified atom stereocenters. The van der Waals surface area contributed by atoms with Gasteiger partial charge in [-0.2, -0.15) is 0 Å². The van der Waals surface area contributed by atoms with Gasteiger partial charge in [-0.3, -0.25) is 4.79 Å². The molecule has 0 aliphatic heterocycles. The zero-order valence-corrected chi connectivity index (χ0v) is 15.6. The van der Waals surface area contributed by atoms with E-state index >= 15 is 0 Å². The Bertz CT molecular complexity index is 1260. The van der Waals surface area contributed by atoms with Gasteiger partial charge in [0, 0.05) is 22.2 Å². The summed E-state index contributed by atoms with van der Waals surface area (Å²) in [5.41, 5.74) is 0.280. The van der Waals surface area contributed by atoms with E-state index in [1.807, 2.05) is 0 Å². The number of anilines is 2. The van der Waals surface area contributed by atoms with Crippen LogP contribution in [-0.2, 0) is 6.54 Å². The fourth-order valence-electron chi connectivity index (χ4n) is 3.11. The van der Waals surface area contributed by atoms with Gasteiger partial charge in [0.2, 0.25) is 5.56 Å². The molecule has 0 amide bonds. The van der Waals surface area contributed by atoms with E-state index in [2.05, 4.69) is 9.97 Å². The zero-order valence-electron chi connectivity index (χ0n) is 14.8. The summed E-state index contributed by atoms with van der Waals surface area (Å²) in [5, 5.41) is 0.816. The van der Waals surface area contributed by atoms with Gasteiger partial charge in [-0.25, -0.2) is 18.2 Å². The fourth-order valence-corrected chi connectivity index (χ4v) is 3.30. The van der Waals surface area contributed by atoms with Gasteiger partial charge in [-0.1, -0.05) is 17.7 Å². The van der Waals surface area contributed by atoms with Crippen LogP contribution in [0.4, 0.5) is 24.7 Å². The quantitative estimate of drug-likeness (QED) is 0.490. The summed E-state index contributed by atoms with van der Waals surface area (Å²) < 4.78 is 41.2. The molecule has 0 aliphatic rings. The average molecular weight is 416 g/mol. The van der Waals surface area contributed by atoms with Gasteiger partial charge in [-0.15, -0.1) is 0 Å². The first-order valence-electron chi connectivity index (χ1n) is 8.57. The number of pyridine rings is 2. The SMILES string of the molecule is O=c1cc(CN(c2cccc(Cl)c2)c2ccc(F)cn2)c2ccc(F)c(F)c2[nH]1. The van der Waals surface area contributed by atoms with Crippen molar-refractivity contribution in [3.63, 3.8) is 0 Å². The molecule has 0 radical (unpaired) electrons. The van der Waals surface area contributed by atoms with Crippen LogP contribution >= 0.6 is 11.6 Å². The maximum Gasteiger partial charge on any atom is 0.248 e. The third-order valence-corrected chi connectivity index (χ3v) is 4.67. The molecule has 4 nitrogen and oxygen atoms in total. The normalized spacial score (nSPS) is 11.0. The van der Waals surface area contributed by atoms with Crippen molar-refractivity contribution >= 4 is 34.0 Å². The lowest BCUT2D eigenvalue weighted by molar-refractivity contribution is 0.515. The lowest BCUT2D eigenvalue weighted by atomic mass is 10.1. The van der Waals surface area contributed by atoms with Gasteiger partial charge in [0.15, 0.2) is 11.6 Å². The molecule has 2 aromatic heterocycles. The van der Waals surface area contributed by atoms with Gasteiger partial charge in [0.25, 0.3) is 0 Å². The Hall–Kier alpha value is -3.32. The molecule has 0 aliphatic carbocycles. The molecule has 0 bridgehead atoms. The van der Waals surface area contributed by atoms with Crippen molar-refractivity contribution in [3.8, 4) is 0 Å². The predicted octanol–water partition coefficient (Wildman–Crippen LogP) is 5.33. The van der Waals surface area contributed by atoms with Crippen LogP contribution in [0.3, 0.4) is 0 Å². The second-order valence-electron chi connectivity index (χ2n) is 6.34. The summed E-state index contributed by atoms with van der Waals surface area (Å²) in [6, 6.07) is 13.3. The minimum Gasteiger partial charge on any atom is -0.322 e. The molecular weight excluding hydrogens is 403 g/mol. The van der Waals surface area contributed by atoms with Gasteiger partial charge in [-0.05, 0) is 48.0 Å². The Labute approximate surface area is 168 Å². The summed E-state index contributed by atoms with van der Waals surface area (Å²) in [4.78, 5) is 20.2. The van der Waals surface area contributed by atoms with E-state index in [-0.39, 0.29) is 12.1 Å². The minimum atomic E-state index is -1.13. The number of nitrogens with zero attached hydrogens (tertiary/aromatic N) is 2. The summed E-state index contributed by atoms with van der Waals surface area (Å²) in [7, 11) is 0. The van der Waals surface area contributed by atoms with Crippen LogP contribution in [0, 0.1) is 17.5 Å². The lowest BCUT2D eigenvalue weighted by Gasteiger charge is -2.25. The molecule has 0 saturated carbocycles. The van der Waals surface area contributed by atoms with Crippen LogP contribution in [-0.4, -0.2) is 9.97 Å². The van der Waals surface area contributed by atoms with E-state index in [1.165, 1.54) is 24.3 Å². The van der Waals surface area contributed by atoms with Crippen molar-refractivity contribution in [2.45, 2.75) is 6.54 Å². The van der Waals surface area contributed by atoms with Crippen LogP contribution < -0.4 is 10.5 Å². The molecule has 0 spiro atoms. The number of rotatable bonds is 4. The van der Waals surface area contributed by atoms with Crippen LogP contribution in [0.2, 0.25) is 5.02 Å². The summed E-state index contributed by atoms with van der Waals surface area (Å²) >= 11 is 6.11. The second-order valence-corrected chi connectivity index (χ2v) is 6.78. The average Bonchev–Trinajstić information content (AvgIpc) is 2.70. The van der Waals surface area contributed by atoms with Gasteiger partial charge >= 0.3 is 0 Å². The van der Waals surface area contributed by atoms with Crippen LogP contribution in [0.25, 0.3) is 10.9 Å². The topological polar surface area (TPSA) is 49.0 Å². The van der Waals surface area contributed by atoms with E-state index in [4.69, 9.17) is 11.6 Å². The number of aromatic nitrogens is 2. The van der Waals surface area contributed by atoms with Gasteiger partial charge < -0.3 is 9.88 Å². The Kier molecular flexibility index (Phi) is 4.98. The minimum absolute atomic E-state index is 0.0878. The standard InChI is InChI=1S/C21H13ClF3N3O/c22-13-2-1-3-15(9-13)28(18-7-4-14(23)10-26-18)11-12-8-19(29)27-21-16(12)5-6-17(24)20(21)25/h1-10H,11H2,(H,27,29). The number of benzene rings is 2. The molecule has 146 valence electrons. The number of fused-ring (bicyclic) bond motifs is 1. The van der Waals surface area contributed by atoms with E-state index < -0.39 is 23.0 Å². The summed E-state index contributed by atoms with van der Waals surface area (Å²) in [5.74, 6) is -2.29. The summed E-state index contributed by atoms with van der Waals surface area (Å²) in [6.07, 6.45) is 1.07. The predicted molar refractivity (Wildman–Crippen MR) is 106 cm³/mol. The fraction of sp³-hybridized carbons (Fsp3) is 0.0476. The van der Waals surface area contributed by atoms with E-state index in [0.29, 0.717) is 27.5 Å². The molecule has 0 saturated heterocycles. The number of H-pyrrole nitrogens is 1. The molecule has 2 aromatic carbocycles. The van der Waals surface area contributed by atoms with Gasteiger partial charge in [0.05, 0.1) is 18.3 Å². The van der Waals surface area contributed by atoms with E-state index in [9.17, 15) is 18.0 Å². The number of aromatic amines is 1. The zero-order chi connectivity index (χ0) is 20.5. The molecule has 4 rings (SSSR count). The first-order valence-corrected chi connectivity index (χ1v) is 8.95. The number of nitrogens with one attached hydrogen (secondary N) is 1. The third kappa shape index (κ3) is 3.82. The maximum absolute atomic E-state index is 14.2. The highest BCUT2D eigenvalue weighted by Gasteiger charge is 2.17. The van der Waals surface area contributed by atoms with Crippen LogP contribution in [0.1, 0.15) is 5.56 Å². The van der Waals surface area contributed by atoms with Crippen molar-refractivity contribution in [2.75, 3.05) is 4.90 Å². The third-order valence-electron chi connectivity index (χ3n) is 4.43. The molecule has 29 heavy (non-hydrogen) atoms. The monoisotopic (exact) mass is 415 g/mol. The highest BCUT2D eigenvalue weighted by atomic mass is 35.5. The molecule has 8 heteroatoms. The largest absolute Gasteiger partial charge is 0.322 e. The number of hydrogen-bond acceptors (Lipinski definition) is 3. The molecule has 1 N–H and O–H groups in total. The second kappa shape index (κ2) is 7.60. The van der Waals surface area contributed by atoms with Crippen LogP contribution in [0.5, 0.6) is 0 Å². The summed E-state index contributed by atoms with van der Waals surface area (Å²) in [6.45, 7) is 0.0878. The smallest absolute Gasteiger partial charge is 0.248 e. The number of hydrogen-bond donors (Lipinski definition) is 1. The molecular formula is C21H13ClF3N3O. The Balaban J connectivity index is 1.88. The molecule has 0 atom stereocenters. The Morgan fingerprint density at radius 1 is 1.03 bits per heavy atom. The van der Waals surface area contributed by atoms with Gasteiger partial charge in [0.1, 0.15) is 11.6 Å². The first-order chi connectivity index (χ1) is 13.9. The highest BCUT2D eigenvalue weighted by molar-refractivity contribution is 6.30. The maximum atomic E-state index is 14.2. The molecule has 4 aromatic rings. The molecule has 2 heterocycles. The number of halogens is 4. The van der Waals surface area contributed by atoms with Crippen molar-refractivity contribution in [2.24, 2.45) is 0 Å². The van der Waals surface area contributed by atoms with E-state index in [1.54, 1.807) is 29.2 Å². The Morgan fingerprint density at radius 3 is 2.59 bits per heavy atom. The van der Waals surface area contributed by atoms with Crippen molar-refractivity contribution < 1.29 is 13.2 Å². The highest BCUT2D eigenvalue weighted by Crippen LogP contribution is 2.30. The van der Waals surface area contributed by atoms with Crippen molar-refractivity contribution in [1.82, 2.24) is 9.97 Å². The van der Waals surface area contributed by atoms with Crippen LogP contribution in [0.15, 0.2) is 65.6 Å². The molecule has 0 fully saturated rings. The van der Waals surface area contributed by atoms with Crippen molar-refractivity contribution in [3.05, 3.63) is 99.2 Å². The van der Waals surface area contributed by atoms with Crippen molar-refractivity contribution in [1.29, 1.82) is 0 Å². The first kappa shape index (κ1) is 19.0.